The quantitative estimate of drug-likeness (QED) is 0.550. The van der Waals surface area contributed by atoms with Gasteiger partial charge in [0.1, 0.15) is 0 Å². The van der Waals surface area contributed by atoms with Crippen LogP contribution < -0.4 is 11.3 Å². The third kappa shape index (κ3) is 3.20. The lowest BCUT2D eigenvalue weighted by atomic mass is 10.4. The highest BCUT2D eigenvalue weighted by Gasteiger charge is 2.00. The molecule has 1 aromatic rings. The van der Waals surface area contributed by atoms with Crippen molar-refractivity contribution >= 4 is 11.8 Å². The maximum absolute atomic E-state index is 11.1. The molecule has 0 unspecified atom stereocenters. The van der Waals surface area contributed by atoms with Crippen molar-refractivity contribution in [3.8, 4) is 0 Å². The number of aromatic nitrogens is 2. The van der Waals surface area contributed by atoms with Gasteiger partial charge in [-0.3, -0.25) is 4.79 Å². The van der Waals surface area contributed by atoms with E-state index in [0.29, 0.717) is 10.7 Å². The van der Waals surface area contributed by atoms with Crippen LogP contribution in [0.15, 0.2) is 16.1 Å². The topological polar surface area (TPSA) is 71.8 Å². The van der Waals surface area contributed by atoms with Crippen molar-refractivity contribution in [2.24, 2.45) is 5.73 Å². The highest BCUT2D eigenvalue weighted by Crippen LogP contribution is 2.10. The van der Waals surface area contributed by atoms with Gasteiger partial charge in [-0.05, 0) is 13.8 Å². The number of aryl methyl sites for hydroxylation is 1. The first-order chi connectivity index (χ1) is 6.09. The van der Waals surface area contributed by atoms with E-state index in [-0.39, 0.29) is 11.6 Å². The Kier molecular flexibility index (Phi) is 3.50. The van der Waals surface area contributed by atoms with Gasteiger partial charge in [-0.15, -0.1) is 0 Å². The molecule has 1 heterocycles. The summed E-state index contributed by atoms with van der Waals surface area (Å²) >= 11 is 1.46. The number of aromatic amines is 1. The SMILES string of the molecule is Cc1cnc(SC[C@H](C)N)[nH]c1=O. The zero-order valence-corrected chi connectivity index (χ0v) is 8.52. The number of nitrogens with one attached hydrogen (secondary N) is 1. The van der Waals surface area contributed by atoms with E-state index in [1.807, 2.05) is 6.92 Å². The average molecular weight is 199 g/mol. The minimum absolute atomic E-state index is 0.0813. The Morgan fingerprint density at radius 1 is 1.77 bits per heavy atom. The minimum atomic E-state index is -0.0813. The van der Waals surface area contributed by atoms with Gasteiger partial charge in [0.25, 0.3) is 5.56 Å². The molecular formula is C8H13N3OS. The summed E-state index contributed by atoms with van der Waals surface area (Å²) in [4.78, 5) is 17.9. The molecule has 4 nitrogen and oxygen atoms in total. The van der Waals surface area contributed by atoms with Crippen LogP contribution in [0.1, 0.15) is 12.5 Å². The van der Waals surface area contributed by atoms with Crippen LogP contribution in [0.5, 0.6) is 0 Å². The molecule has 72 valence electrons. The highest BCUT2D eigenvalue weighted by atomic mass is 32.2. The summed E-state index contributed by atoms with van der Waals surface area (Å²) in [5.41, 5.74) is 6.12. The fraction of sp³-hybridized carbons (Fsp3) is 0.500. The van der Waals surface area contributed by atoms with Crippen LogP contribution in [0.25, 0.3) is 0 Å². The van der Waals surface area contributed by atoms with E-state index in [1.165, 1.54) is 11.8 Å². The average Bonchev–Trinajstić information content (AvgIpc) is 2.07. The lowest BCUT2D eigenvalue weighted by Crippen LogP contribution is -2.18. The van der Waals surface area contributed by atoms with Gasteiger partial charge in [0.2, 0.25) is 0 Å². The van der Waals surface area contributed by atoms with E-state index in [4.69, 9.17) is 5.73 Å². The Labute approximate surface area is 81.0 Å². The fourth-order valence-corrected chi connectivity index (χ4v) is 1.44. The van der Waals surface area contributed by atoms with E-state index < -0.39 is 0 Å². The predicted molar refractivity (Wildman–Crippen MR) is 54.0 cm³/mol. The molecule has 0 saturated carbocycles. The Balaban J connectivity index is 2.69. The molecule has 0 spiro atoms. The lowest BCUT2D eigenvalue weighted by Gasteiger charge is -2.03. The van der Waals surface area contributed by atoms with Gasteiger partial charge >= 0.3 is 0 Å². The molecule has 0 aliphatic heterocycles. The summed E-state index contributed by atoms with van der Waals surface area (Å²) in [6, 6.07) is 0.108. The van der Waals surface area contributed by atoms with Crippen molar-refractivity contribution in [1.82, 2.24) is 9.97 Å². The van der Waals surface area contributed by atoms with Gasteiger partial charge in [-0.1, -0.05) is 11.8 Å². The molecule has 5 heteroatoms. The number of hydrogen-bond donors (Lipinski definition) is 2. The number of H-pyrrole nitrogens is 1. The van der Waals surface area contributed by atoms with Crippen LogP contribution >= 0.6 is 11.8 Å². The molecule has 0 amide bonds. The molecule has 1 rings (SSSR count). The number of hydrogen-bond acceptors (Lipinski definition) is 4. The van der Waals surface area contributed by atoms with Gasteiger partial charge in [-0.2, -0.15) is 0 Å². The molecule has 0 saturated heterocycles. The van der Waals surface area contributed by atoms with E-state index >= 15 is 0 Å². The van der Waals surface area contributed by atoms with Gasteiger partial charge in [-0.25, -0.2) is 4.98 Å². The van der Waals surface area contributed by atoms with Crippen LogP contribution in [-0.4, -0.2) is 21.8 Å². The van der Waals surface area contributed by atoms with E-state index in [2.05, 4.69) is 9.97 Å². The van der Waals surface area contributed by atoms with Crippen molar-refractivity contribution < 1.29 is 0 Å². The van der Waals surface area contributed by atoms with Crippen molar-refractivity contribution in [3.63, 3.8) is 0 Å². The van der Waals surface area contributed by atoms with Gasteiger partial charge in [0.05, 0.1) is 0 Å². The normalized spacial score (nSPS) is 12.8. The van der Waals surface area contributed by atoms with Gasteiger partial charge in [0, 0.05) is 23.6 Å². The Morgan fingerprint density at radius 2 is 2.46 bits per heavy atom. The maximum atomic E-state index is 11.1. The smallest absolute Gasteiger partial charge is 0.254 e. The molecule has 0 aromatic carbocycles. The summed E-state index contributed by atoms with van der Waals surface area (Å²) in [7, 11) is 0. The van der Waals surface area contributed by atoms with Crippen molar-refractivity contribution in [3.05, 3.63) is 22.1 Å². The predicted octanol–water partition coefficient (Wildman–Crippen LogP) is 0.518. The second kappa shape index (κ2) is 4.43. The second-order valence-corrected chi connectivity index (χ2v) is 4.00. The number of nitrogens with zero attached hydrogens (tertiary/aromatic N) is 1. The Bertz CT molecular complexity index is 334. The Morgan fingerprint density at radius 3 is 3.00 bits per heavy atom. The van der Waals surface area contributed by atoms with Crippen molar-refractivity contribution in [2.75, 3.05) is 5.75 Å². The number of nitrogens with two attached hydrogens (primary N) is 1. The van der Waals surface area contributed by atoms with Crippen LogP contribution in [-0.2, 0) is 0 Å². The van der Waals surface area contributed by atoms with Gasteiger partial charge < -0.3 is 10.7 Å². The van der Waals surface area contributed by atoms with E-state index in [0.717, 1.165) is 5.75 Å². The monoisotopic (exact) mass is 199 g/mol. The standard InChI is InChI=1S/C8H13N3OS/c1-5-3-10-8(11-7(5)12)13-4-6(2)9/h3,6H,4,9H2,1-2H3,(H,10,11,12)/t6-/m0/s1. The molecular weight excluding hydrogens is 186 g/mol. The summed E-state index contributed by atoms with van der Waals surface area (Å²) < 4.78 is 0. The first-order valence-corrected chi connectivity index (χ1v) is 5.02. The first kappa shape index (κ1) is 10.3. The van der Waals surface area contributed by atoms with Crippen molar-refractivity contribution in [1.29, 1.82) is 0 Å². The zero-order valence-electron chi connectivity index (χ0n) is 7.70. The van der Waals surface area contributed by atoms with Crippen LogP contribution in [0.2, 0.25) is 0 Å². The molecule has 0 aliphatic rings. The lowest BCUT2D eigenvalue weighted by molar-refractivity contribution is 0.838. The first-order valence-electron chi connectivity index (χ1n) is 4.04. The fourth-order valence-electron chi connectivity index (χ4n) is 0.726. The summed E-state index contributed by atoms with van der Waals surface area (Å²) in [5.74, 6) is 0.756. The summed E-state index contributed by atoms with van der Waals surface area (Å²) in [5, 5.41) is 0.632. The second-order valence-electron chi connectivity index (χ2n) is 2.99. The third-order valence-electron chi connectivity index (χ3n) is 1.44. The molecule has 3 N–H and O–H groups in total. The summed E-state index contributed by atoms with van der Waals surface area (Å²) in [6.07, 6.45) is 1.57. The van der Waals surface area contributed by atoms with E-state index in [9.17, 15) is 4.79 Å². The van der Waals surface area contributed by atoms with Gasteiger partial charge in [0.15, 0.2) is 5.16 Å². The highest BCUT2D eigenvalue weighted by molar-refractivity contribution is 7.99. The molecule has 0 aliphatic carbocycles. The number of rotatable bonds is 3. The molecule has 0 fully saturated rings. The molecule has 0 radical (unpaired) electrons. The molecule has 1 atom stereocenters. The summed E-state index contributed by atoms with van der Waals surface area (Å²) in [6.45, 7) is 3.64. The third-order valence-corrected chi connectivity index (χ3v) is 2.61. The largest absolute Gasteiger partial charge is 0.327 e. The molecule has 13 heavy (non-hydrogen) atoms. The zero-order chi connectivity index (χ0) is 9.84. The Hall–Kier alpha value is -0.810. The minimum Gasteiger partial charge on any atom is -0.327 e. The maximum Gasteiger partial charge on any atom is 0.254 e. The van der Waals surface area contributed by atoms with Crippen LogP contribution in [0, 0.1) is 6.92 Å². The van der Waals surface area contributed by atoms with Crippen LogP contribution in [0.4, 0.5) is 0 Å². The molecule has 1 aromatic heterocycles. The number of thioether (sulfide) groups is 1. The molecule has 0 bridgehead atoms. The van der Waals surface area contributed by atoms with Crippen LogP contribution in [0.3, 0.4) is 0 Å². The van der Waals surface area contributed by atoms with E-state index in [1.54, 1.807) is 13.1 Å². The van der Waals surface area contributed by atoms with Crippen molar-refractivity contribution in [2.45, 2.75) is 25.0 Å².